The number of benzene rings is 2. The summed E-state index contributed by atoms with van der Waals surface area (Å²) in [5, 5.41) is 15.4. The number of carbonyl (C=O) groups excluding carboxylic acids is 1. The third-order valence-corrected chi connectivity index (χ3v) is 5.78. The van der Waals surface area contributed by atoms with Gasteiger partial charge in [-0.3, -0.25) is 5.21 Å². The van der Waals surface area contributed by atoms with Crippen LogP contribution in [0, 0.1) is 0 Å². The molecule has 2 amide bonds. The van der Waals surface area contributed by atoms with Crippen molar-refractivity contribution in [2.45, 2.75) is 11.1 Å². The number of hydrogen-bond acceptors (Lipinski definition) is 5. The van der Waals surface area contributed by atoms with Gasteiger partial charge in [0, 0.05) is 28.6 Å². The fourth-order valence-electron chi connectivity index (χ4n) is 2.89. The van der Waals surface area contributed by atoms with Crippen molar-refractivity contribution >= 4 is 27.5 Å². The average molecular weight is 447 g/mol. The third kappa shape index (κ3) is 4.38. The molecule has 3 aromatic rings. The number of hydrogen-bond donors (Lipinski definition) is 2. The summed E-state index contributed by atoms with van der Waals surface area (Å²) < 4.78 is 24.8. The van der Waals surface area contributed by atoms with E-state index < -0.39 is 22.0 Å². The molecular formula is C20H19ClN4O4S. The minimum atomic E-state index is -3.35. The van der Waals surface area contributed by atoms with Crippen molar-refractivity contribution in [2.24, 2.45) is 5.73 Å². The van der Waals surface area contributed by atoms with Gasteiger partial charge in [-0.15, -0.1) is 0 Å². The molecule has 8 nitrogen and oxygen atoms in total. The maximum atomic E-state index is 11.8. The molecule has 30 heavy (non-hydrogen) atoms. The highest BCUT2D eigenvalue weighted by molar-refractivity contribution is 7.90. The van der Waals surface area contributed by atoms with E-state index in [1.807, 2.05) is 0 Å². The summed E-state index contributed by atoms with van der Waals surface area (Å²) in [4.78, 5) is 11.6. The molecule has 1 unspecified atom stereocenters. The summed E-state index contributed by atoms with van der Waals surface area (Å²) in [5.74, 6) is 0. The normalized spacial score (nSPS) is 12.4. The number of primary amides is 1. The van der Waals surface area contributed by atoms with Crippen LogP contribution in [-0.4, -0.2) is 40.8 Å². The quantitative estimate of drug-likeness (QED) is 0.339. The van der Waals surface area contributed by atoms with E-state index in [4.69, 9.17) is 17.3 Å². The van der Waals surface area contributed by atoms with Gasteiger partial charge in [-0.25, -0.2) is 17.9 Å². The van der Waals surface area contributed by atoms with Crippen LogP contribution >= 0.6 is 11.6 Å². The van der Waals surface area contributed by atoms with Crippen LogP contribution in [0.15, 0.2) is 72.3 Å². The summed E-state index contributed by atoms with van der Waals surface area (Å²) in [5.41, 5.74) is 7.75. The van der Waals surface area contributed by atoms with E-state index in [1.165, 1.54) is 22.9 Å². The van der Waals surface area contributed by atoms with Crippen molar-refractivity contribution in [3.8, 4) is 22.4 Å². The van der Waals surface area contributed by atoms with Gasteiger partial charge in [0.1, 0.15) is 5.69 Å². The van der Waals surface area contributed by atoms with E-state index in [2.05, 4.69) is 11.7 Å². The van der Waals surface area contributed by atoms with Crippen LogP contribution in [0.25, 0.3) is 22.4 Å². The molecule has 1 aromatic heterocycles. The summed E-state index contributed by atoms with van der Waals surface area (Å²) in [6.07, 6.45) is 3.02. The Morgan fingerprint density at radius 2 is 1.77 bits per heavy atom. The molecule has 2 aromatic carbocycles. The van der Waals surface area contributed by atoms with Gasteiger partial charge in [0.2, 0.25) is 0 Å². The fourth-order valence-corrected chi connectivity index (χ4v) is 3.65. The lowest BCUT2D eigenvalue weighted by Gasteiger charge is -2.21. The van der Waals surface area contributed by atoms with E-state index in [9.17, 15) is 18.4 Å². The molecule has 156 valence electrons. The van der Waals surface area contributed by atoms with Crippen molar-refractivity contribution in [1.82, 2.24) is 14.8 Å². The number of rotatable bonds is 6. The second-order valence-electron chi connectivity index (χ2n) is 6.51. The lowest BCUT2D eigenvalue weighted by Crippen LogP contribution is -2.38. The van der Waals surface area contributed by atoms with Gasteiger partial charge in [0.15, 0.2) is 16.0 Å². The molecule has 0 saturated carbocycles. The third-order valence-electron chi connectivity index (χ3n) is 4.40. The molecule has 0 aliphatic carbocycles. The number of hydroxylamine groups is 2. The molecule has 3 rings (SSSR count). The van der Waals surface area contributed by atoms with Crippen molar-refractivity contribution in [3.63, 3.8) is 0 Å². The standard InChI is InChI=1S/C20H19ClN4O4S/c1-3-18(25(27)20(22)26)24-12-17(13-4-8-15(21)9-5-13)19(23-24)14-6-10-16(11-7-14)30(2,28)29/h3-12,18,27H,1H2,2H3,(H2,22,26). The zero-order valence-corrected chi connectivity index (χ0v) is 17.5. The minimum Gasteiger partial charge on any atom is -0.350 e. The van der Waals surface area contributed by atoms with Gasteiger partial charge < -0.3 is 5.73 Å². The Labute approximate surface area is 178 Å². The van der Waals surface area contributed by atoms with Gasteiger partial charge >= 0.3 is 6.03 Å². The molecule has 1 heterocycles. The predicted octanol–water partition coefficient (Wildman–Crippen LogP) is 3.73. The Bertz CT molecular complexity index is 1190. The first-order valence-corrected chi connectivity index (χ1v) is 10.9. The number of aromatic nitrogens is 2. The Morgan fingerprint density at radius 1 is 1.20 bits per heavy atom. The molecule has 0 spiro atoms. The molecule has 0 bridgehead atoms. The minimum absolute atomic E-state index is 0.179. The first-order chi connectivity index (χ1) is 14.1. The topological polar surface area (TPSA) is 119 Å². The zero-order chi connectivity index (χ0) is 22.1. The van der Waals surface area contributed by atoms with E-state index in [-0.39, 0.29) is 4.90 Å². The summed E-state index contributed by atoms with van der Waals surface area (Å²) in [6, 6.07) is 12.2. The Balaban J connectivity index is 2.17. The van der Waals surface area contributed by atoms with E-state index in [0.29, 0.717) is 26.9 Å². The molecule has 0 saturated heterocycles. The first kappa shape index (κ1) is 21.6. The van der Waals surface area contributed by atoms with Crippen LogP contribution in [-0.2, 0) is 9.84 Å². The number of carbonyl (C=O) groups is 1. The number of nitrogens with zero attached hydrogens (tertiary/aromatic N) is 3. The number of amides is 2. The van der Waals surface area contributed by atoms with E-state index in [0.717, 1.165) is 11.8 Å². The summed E-state index contributed by atoms with van der Waals surface area (Å²) in [6.45, 7) is 3.62. The highest BCUT2D eigenvalue weighted by Gasteiger charge is 2.23. The van der Waals surface area contributed by atoms with Crippen molar-refractivity contribution in [1.29, 1.82) is 0 Å². The molecule has 0 aliphatic rings. The monoisotopic (exact) mass is 446 g/mol. The Kier molecular flexibility index (Phi) is 5.97. The van der Waals surface area contributed by atoms with Gasteiger partial charge in [-0.2, -0.15) is 10.2 Å². The molecule has 10 heteroatoms. The summed E-state index contributed by atoms with van der Waals surface area (Å²) >= 11 is 5.99. The van der Waals surface area contributed by atoms with Crippen molar-refractivity contribution in [3.05, 3.63) is 72.4 Å². The van der Waals surface area contributed by atoms with E-state index >= 15 is 0 Å². The van der Waals surface area contributed by atoms with Gasteiger partial charge in [-0.05, 0) is 35.9 Å². The fraction of sp³-hybridized carbons (Fsp3) is 0.100. The molecule has 3 N–H and O–H groups in total. The van der Waals surface area contributed by atoms with Crippen molar-refractivity contribution in [2.75, 3.05) is 6.26 Å². The smallest absolute Gasteiger partial charge is 0.340 e. The van der Waals surface area contributed by atoms with Crippen molar-refractivity contribution < 1.29 is 18.4 Å². The molecule has 0 radical (unpaired) electrons. The molecule has 0 aliphatic heterocycles. The SMILES string of the molecule is C=CC(N(O)C(N)=O)n1cc(-c2ccc(Cl)cc2)c(-c2ccc(S(C)(=O)=O)cc2)n1. The lowest BCUT2D eigenvalue weighted by molar-refractivity contribution is -0.0860. The number of halogens is 1. The molecular weight excluding hydrogens is 428 g/mol. The highest BCUT2D eigenvalue weighted by atomic mass is 35.5. The Morgan fingerprint density at radius 3 is 2.27 bits per heavy atom. The maximum Gasteiger partial charge on any atom is 0.340 e. The van der Waals surface area contributed by atoms with Gasteiger partial charge in [0.05, 0.1) is 4.90 Å². The average Bonchev–Trinajstić information content (AvgIpc) is 3.13. The maximum absolute atomic E-state index is 11.8. The van der Waals surface area contributed by atoms with Crippen LogP contribution < -0.4 is 5.73 Å². The second kappa shape index (κ2) is 8.31. The van der Waals surface area contributed by atoms with Crippen LogP contribution in [0.5, 0.6) is 0 Å². The van der Waals surface area contributed by atoms with Gasteiger partial charge in [-0.1, -0.05) is 42.4 Å². The van der Waals surface area contributed by atoms with Crippen LogP contribution in [0.2, 0.25) is 5.02 Å². The lowest BCUT2D eigenvalue weighted by atomic mass is 10.0. The molecule has 1 atom stereocenters. The number of nitrogens with two attached hydrogens (primary N) is 1. The van der Waals surface area contributed by atoms with Crippen LogP contribution in [0.1, 0.15) is 6.17 Å². The van der Waals surface area contributed by atoms with Gasteiger partial charge in [0.25, 0.3) is 0 Å². The number of sulfone groups is 1. The largest absolute Gasteiger partial charge is 0.350 e. The van der Waals surface area contributed by atoms with Crippen LogP contribution in [0.4, 0.5) is 4.79 Å². The van der Waals surface area contributed by atoms with Crippen LogP contribution in [0.3, 0.4) is 0 Å². The summed E-state index contributed by atoms with van der Waals surface area (Å²) in [7, 11) is -3.35. The molecule has 0 fully saturated rings. The highest BCUT2D eigenvalue weighted by Crippen LogP contribution is 2.33. The second-order valence-corrected chi connectivity index (χ2v) is 8.96. The predicted molar refractivity (Wildman–Crippen MR) is 114 cm³/mol. The van der Waals surface area contributed by atoms with E-state index in [1.54, 1.807) is 42.6 Å². The first-order valence-electron chi connectivity index (χ1n) is 8.67. The Hall–Kier alpha value is -3.14. The number of urea groups is 1. The zero-order valence-electron chi connectivity index (χ0n) is 15.9.